The van der Waals surface area contributed by atoms with Crippen LogP contribution in [0.5, 0.6) is 0 Å². The summed E-state index contributed by atoms with van der Waals surface area (Å²) in [6.45, 7) is 0. The van der Waals surface area contributed by atoms with Gasteiger partial charge in [0.1, 0.15) is 6.04 Å². The van der Waals surface area contributed by atoms with E-state index in [4.69, 9.17) is 17.3 Å². The van der Waals surface area contributed by atoms with Crippen LogP contribution in [0, 0.1) is 0 Å². The van der Waals surface area contributed by atoms with Crippen molar-refractivity contribution in [3.05, 3.63) is 69.7 Å². The van der Waals surface area contributed by atoms with Gasteiger partial charge in [0.05, 0.1) is 11.1 Å². The highest BCUT2D eigenvalue weighted by Gasteiger charge is 2.37. The Hall–Kier alpha value is -2.75. The van der Waals surface area contributed by atoms with E-state index in [0.717, 1.165) is 0 Å². The monoisotopic (exact) mass is 438 g/mol. The first kappa shape index (κ1) is 22.5. The zero-order chi connectivity index (χ0) is 22.0. The van der Waals surface area contributed by atoms with Gasteiger partial charge < -0.3 is 11.1 Å². The maximum Gasteiger partial charge on any atom is 0.416 e. The van der Waals surface area contributed by atoms with Gasteiger partial charge in [0.2, 0.25) is 5.91 Å². The summed E-state index contributed by atoms with van der Waals surface area (Å²) in [5.74, 6) is -2.32. The second-order valence-electron chi connectivity index (χ2n) is 6.05. The van der Waals surface area contributed by atoms with Gasteiger partial charge in [0.25, 0.3) is 5.91 Å². The summed E-state index contributed by atoms with van der Waals surface area (Å²) in [7, 11) is 0. The van der Waals surface area contributed by atoms with E-state index in [1.165, 1.54) is 24.3 Å². The number of alkyl halides is 6. The predicted octanol–water partition coefficient (Wildman–Crippen LogP) is 4.20. The maximum atomic E-state index is 12.9. The molecule has 0 unspecified atom stereocenters. The number of nitrogens with two attached hydrogens (primary N) is 1. The molecule has 4 nitrogen and oxygen atoms in total. The fourth-order valence-corrected chi connectivity index (χ4v) is 2.53. The van der Waals surface area contributed by atoms with Crippen molar-refractivity contribution in [1.29, 1.82) is 0 Å². The Morgan fingerprint density at radius 3 is 1.83 bits per heavy atom. The number of nitrogens with one attached hydrogen (secondary N) is 1. The lowest BCUT2D eigenvalue weighted by Crippen LogP contribution is -2.46. The van der Waals surface area contributed by atoms with Crippen molar-refractivity contribution in [1.82, 2.24) is 5.32 Å². The highest BCUT2D eigenvalue weighted by molar-refractivity contribution is 6.30. The van der Waals surface area contributed by atoms with Crippen LogP contribution in [0.15, 0.2) is 42.5 Å². The minimum Gasteiger partial charge on any atom is -0.368 e. The molecule has 0 spiro atoms. The number of carbonyl (C=O) groups is 2. The fraction of sp³-hybridized carbons (Fsp3) is 0.222. The van der Waals surface area contributed by atoms with E-state index in [9.17, 15) is 35.9 Å². The Labute approximate surface area is 165 Å². The molecular formula is C18H13ClF6N2O2. The molecular weight excluding hydrogens is 426 g/mol. The van der Waals surface area contributed by atoms with Gasteiger partial charge in [-0.3, -0.25) is 9.59 Å². The molecule has 0 heterocycles. The van der Waals surface area contributed by atoms with Gasteiger partial charge >= 0.3 is 12.4 Å². The lowest BCUT2D eigenvalue weighted by atomic mass is 10.0. The third-order valence-corrected chi connectivity index (χ3v) is 4.10. The molecule has 2 aromatic carbocycles. The molecule has 2 aromatic rings. The quantitative estimate of drug-likeness (QED) is 0.687. The van der Waals surface area contributed by atoms with E-state index in [1.54, 1.807) is 0 Å². The molecule has 156 valence electrons. The van der Waals surface area contributed by atoms with Crippen LogP contribution in [-0.4, -0.2) is 17.9 Å². The molecule has 3 N–H and O–H groups in total. The minimum absolute atomic E-state index is 0.101. The number of hydrogen-bond acceptors (Lipinski definition) is 2. The molecule has 0 saturated carbocycles. The Kier molecular flexibility index (Phi) is 6.46. The fourth-order valence-electron chi connectivity index (χ4n) is 2.41. The first-order chi connectivity index (χ1) is 13.3. The zero-order valence-electron chi connectivity index (χ0n) is 14.4. The number of benzene rings is 2. The molecule has 1 atom stereocenters. The third kappa shape index (κ3) is 6.11. The lowest BCUT2D eigenvalue weighted by Gasteiger charge is -2.18. The van der Waals surface area contributed by atoms with Crippen LogP contribution in [0.25, 0.3) is 0 Å². The summed E-state index contributed by atoms with van der Waals surface area (Å²) >= 11 is 5.73. The molecule has 0 aliphatic carbocycles. The smallest absolute Gasteiger partial charge is 0.368 e. The number of halogens is 7. The Morgan fingerprint density at radius 2 is 1.41 bits per heavy atom. The summed E-state index contributed by atoms with van der Waals surface area (Å²) < 4.78 is 77.6. The average molecular weight is 439 g/mol. The number of amides is 2. The normalized spacial score (nSPS) is 13.1. The number of carbonyl (C=O) groups excluding carboxylic acids is 2. The molecule has 29 heavy (non-hydrogen) atoms. The molecule has 0 radical (unpaired) electrons. The van der Waals surface area contributed by atoms with Crippen molar-refractivity contribution in [2.45, 2.75) is 24.8 Å². The minimum atomic E-state index is -5.11. The van der Waals surface area contributed by atoms with Crippen LogP contribution in [0.2, 0.25) is 5.02 Å². The lowest BCUT2D eigenvalue weighted by molar-refractivity contribution is -0.143. The van der Waals surface area contributed by atoms with E-state index >= 15 is 0 Å². The highest BCUT2D eigenvalue weighted by atomic mass is 35.5. The van der Waals surface area contributed by atoms with Crippen molar-refractivity contribution in [2.24, 2.45) is 5.73 Å². The largest absolute Gasteiger partial charge is 0.416 e. The molecule has 0 bridgehead atoms. The number of hydrogen-bond donors (Lipinski definition) is 2. The van der Waals surface area contributed by atoms with E-state index in [2.05, 4.69) is 5.32 Å². The molecule has 0 fully saturated rings. The van der Waals surface area contributed by atoms with E-state index in [0.29, 0.717) is 10.6 Å². The second kappa shape index (κ2) is 8.32. The summed E-state index contributed by atoms with van der Waals surface area (Å²) in [6.07, 6.45) is -10.4. The van der Waals surface area contributed by atoms with Gasteiger partial charge in [-0.15, -0.1) is 0 Å². The summed E-state index contributed by atoms with van der Waals surface area (Å²) in [4.78, 5) is 23.9. The first-order valence-electron chi connectivity index (χ1n) is 7.91. The van der Waals surface area contributed by atoms with Crippen LogP contribution in [0.3, 0.4) is 0 Å². The van der Waals surface area contributed by atoms with E-state index in [-0.39, 0.29) is 24.6 Å². The van der Waals surface area contributed by atoms with Crippen molar-refractivity contribution >= 4 is 23.4 Å². The van der Waals surface area contributed by atoms with Crippen LogP contribution in [-0.2, 0) is 23.6 Å². The van der Waals surface area contributed by atoms with Gasteiger partial charge in [-0.2, -0.15) is 26.3 Å². The van der Waals surface area contributed by atoms with Gasteiger partial charge in [-0.05, 0) is 35.9 Å². The summed E-state index contributed by atoms with van der Waals surface area (Å²) in [5, 5.41) is 2.47. The highest BCUT2D eigenvalue weighted by Crippen LogP contribution is 2.36. The molecule has 2 amide bonds. The number of rotatable bonds is 5. The standard InChI is InChI=1S/C18H13ClF6N2O2/c19-13-3-1-9(2-4-13)5-14(15(26)28)27-16(29)10-6-11(17(20,21)22)8-12(7-10)18(23,24)25/h1-4,6-8,14H,5H2,(H2,26,28)(H,27,29)/t14-/m0/s1. The van der Waals surface area contributed by atoms with E-state index < -0.39 is 46.9 Å². The maximum absolute atomic E-state index is 12.9. The van der Waals surface area contributed by atoms with Gasteiger partial charge in [0, 0.05) is 17.0 Å². The van der Waals surface area contributed by atoms with Crippen molar-refractivity contribution in [2.75, 3.05) is 0 Å². The van der Waals surface area contributed by atoms with Crippen molar-refractivity contribution in [3.63, 3.8) is 0 Å². The van der Waals surface area contributed by atoms with E-state index in [1.807, 2.05) is 0 Å². The topological polar surface area (TPSA) is 72.2 Å². The molecule has 2 rings (SSSR count). The van der Waals surface area contributed by atoms with Gasteiger partial charge in [-0.1, -0.05) is 23.7 Å². The Morgan fingerprint density at radius 1 is 0.931 bits per heavy atom. The van der Waals surface area contributed by atoms with Crippen LogP contribution >= 0.6 is 11.6 Å². The Balaban J connectivity index is 2.33. The summed E-state index contributed by atoms with van der Waals surface area (Å²) in [6, 6.07) is 5.12. The van der Waals surface area contributed by atoms with Crippen LogP contribution in [0.1, 0.15) is 27.0 Å². The summed E-state index contributed by atoms with van der Waals surface area (Å²) in [5.41, 5.74) is 1.51. The Bertz CT molecular complexity index is 878. The predicted molar refractivity (Wildman–Crippen MR) is 92.1 cm³/mol. The van der Waals surface area contributed by atoms with Gasteiger partial charge in [-0.25, -0.2) is 0 Å². The second-order valence-corrected chi connectivity index (χ2v) is 6.49. The molecule has 0 aliphatic rings. The zero-order valence-corrected chi connectivity index (χ0v) is 15.1. The average Bonchev–Trinajstić information content (AvgIpc) is 2.61. The molecule has 0 saturated heterocycles. The van der Waals surface area contributed by atoms with Gasteiger partial charge in [0.15, 0.2) is 0 Å². The van der Waals surface area contributed by atoms with Crippen molar-refractivity contribution < 1.29 is 35.9 Å². The molecule has 0 aromatic heterocycles. The SMILES string of the molecule is NC(=O)[C@H](Cc1ccc(Cl)cc1)NC(=O)c1cc(C(F)(F)F)cc(C(F)(F)F)c1. The van der Waals surface area contributed by atoms with Crippen LogP contribution in [0.4, 0.5) is 26.3 Å². The number of primary amides is 1. The third-order valence-electron chi connectivity index (χ3n) is 3.85. The van der Waals surface area contributed by atoms with Crippen molar-refractivity contribution in [3.8, 4) is 0 Å². The molecule has 11 heteroatoms. The first-order valence-corrected chi connectivity index (χ1v) is 8.29. The molecule has 0 aliphatic heterocycles. The van der Waals surface area contributed by atoms with Crippen LogP contribution < -0.4 is 11.1 Å².